The van der Waals surface area contributed by atoms with Crippen molar-refractivity contribution in [3.05, 3.63) is 82.9 Å². The van der Waals surface area contributed by atoms with Crippen LogP contribution in [0.2, 0.25) is 0 Å². The summed E-state index contributed by atoms with van der Waals surface area (Å²) < 4.78 is 3.11. The highest BCUT2D eigenvalue weighted by Gasteiger charge is 2.05. The average Bonchev–Trinajstić information content (AvgIpc) is 3.09. The Hall–Kier alpha value is -1.91. The SMILES string of the molecule is CC(NCc1ccc(Br)cc1)c1ccc(-n2ccnc2)cc1. The van der Waals surface area contributed by atoms with Gasteiger partial charge >= 0.3 is 0 Å². The lowest BCUT2D eigenvalue weighted by molar-refractivity contribution is 0.574. The van der Waals surface area contributed by atoms with Crippen LogP contribution >= 0.6 is 15.9 Å². The van der Waals surface area contributed by atoms with Gasteiger partial charge in [0.1, 0.15) is 0 Å². The quantitative estimate of drug-likeness (QED) is 0.730. The molecule has 2 aromatic carbocycles. The molecule has 0 radical (unpaired) electrons. The van der Waals surface area contributed by atoms with Crippen LogP contribution in [0, 0.1) is 0 Å². The minimum Gasteiger partial charge on any atom is -0.306 e. The van der Waals surface area contributed by atoms with Gasteiger partial charge in [0.25, 0.3) is 0 Å². The van der Waals surface area contributed by atoms with Crippen molar-refractivity contribution in [1.29, 1.82) is 0 Å². The molecule has 0 amide bonds. The summed E-state index contributed by atoms with van der Waals surface area (Å²) in [5.74, 6) is 0. The number of imidazole rings is 1. The van der Waals surface area contributed by atoms with E-state index < -0.39 is 0 Å². The van der Waals surface area contributed by atoms with Crippen molar-refractivity contribution in [3.63, 3.8) is 0 Å². The number of nitrogens with one attached hydrogen (secondary N) is 1. The number of aromatic nitrogens is 2. The molecule has 4 heteroatoms. The van der Waals surface area contributed by atoms with E-state index in [1.165, 1.54) is 11.1 Å². The van der Waals surface area contributed by atoms with Gasteiger partial charge in [-0.05, 0) is 42.3 Å². The van der Waals surface area contributed by atoms with Gasteiger partial charge in [-0.1, -0.05) is 40.2 Å². The first-order chi connectivity index (χ1) is 10.7. The molecule has 0 aliphatic heterocycles. The van der Waals surface area contributed by atoms with Crippen molar-refractivity contribution >= 4 is 15.9 Å². The molecule has 22 heavy (non-hydrogen) atoms. The Balaban J connectivity index is 1.62. The van der Waals surface area contributed by atoms with Crippen molar-refractivity contribution in [1.82, 2.24) is 14.9 Å². The van der Waals surface area contributed by atoms with Gasteiger partial charge in [-0.3, -0.25) is 0 Å². The lowest BCUT2D eigenvalue weighted by Gasteiger charge is -2.15. The Kier molecular flexibility index (Phi) is 4.71. The van der Waals surface area contributed by atoms with Gasteiger partial charge in [0, 0.05) is 35.1 Å². The zero-order chi connectivity index (χ0) is 15.4. The van der Waals surface area contributed by atoms with Crippen LogP contribution in [-0.2, 0) is 6.54 Å². The molecule has 112 valence electrons. The van der Waals surface area contributed by atoms with Crippen LogP contribution in [0.1, 0.15) is 24.1 Å². The van der Waals surface area contributed by atoms with E-state index in [0.717, 1.165) is 16.7 Å². The lowest BCUT2D eigenvalue weighted by atomic mass is 10.1. The van der Waals surface area contributed by atoms with E-state index >= 15 is 0 Å². The van der Waals surface area contributed by atoms with Gasteiger partial charge in [0.2, 0.25) is 0 Å². The van der Waals surface area contributed by atoms with E-state index in [1.807, 2.05) is 17.1 Å². The molecule has 3 rings (SSSR count). The molecular formula is C18H18BrN3. The van der Waals surface area contributed by atoms with Gasteiger partial charge in [0.15, 0.2) is 0 Å². The number of halogens is 1. The minimum absolute atomic E-state index is 0.306. The fraction of sp³-hybridized carbons (Fsp3) is 0.167. The Morgan fingerprint density at radius 2 is 1.82 bits per heavy atom. The molecule has 1 atom stereocenters. The fourth-order valence-electron chi connectivity index (χ4n) is 2.34. The van der Waals surface area contributed by atoms with Crippen molar-refractivity contribution in [2.75, 3.05) is 0 Å². The second-order valence-electron chi connectivity index (χ2n) is 5.29. The third-order valence-corrected chi connectivity index (χ3v) is 4.25. The molecule has 0 aliphatic rings. The van der Waals surface area contributed by atoms with E-state index in [0.29, 0.717) is 6.04 Å². The predicted molar refractivity (Wildman–Crippen MR) is 93.0 cm³/mol. The second kappa shape index (κ2) is 6.90. The average molecular weight is 356 g/mol. The molecule has 0 bridgehead atoms. The Bertz CT molecular complexity index is 703. The summed E-state index contributed by atoms with van der Waals surface area (Å²) in [7, 11) is 0. The number of benzene rings is 2. The number of nitrogens with zero attached hydrogens (tertiary/aromatic N) is 2. The van der Waals surface area contributed by atoms with Crippen LogP contribution in [0.3, 0.4) is 0 Å². The molecule has 3 nitrogen and oxygen atoms in total. The molecule has 3 aromatic rings. The Morgan fingerprint density at radius 1 is 1.09 bits per heavy atom. The van der Waals surface area contributed by atoms with Crippen LogP contribution in [0.4, 0.5) is 0 Å². The maximum absolute atomic E-state index is 4.07. The molecule has 1 unspecified atom stereocenters. The van der Waals surface area contributed by atoms with Gasteiger partial charge < -0.3 is 9.88 Å². The van der Waals surface area contributed by atoms with E-state index in [4.69, 9.17) is 0 Å². The standard InChI is InChI=1S/C18H18BrN3/c1-14(21-12-15-2-6-17(19)7-3-15)16-4-8-18(9-5-16)22-11-10-20-13-22/h2-11,13-14,21H,12H2,1H3. The third kappa shape index (κ3) is 3.64. The summed E-state index contributed by atoms with van der Waals surface area (Å²) in [5.41, 5.74) is 3.69. The van der Waals surface area contributed by atoms with E-state index in [2.05, 4.69) is 81.7 Å². The summed E-state index contributed by atoms with van der Waals surface area (Å²) in [6, 6.07) is 17.3. The first-order valence-corrected chi connectivity index (χ1v) is 8.08. The van der Waals surface area contributed by atoms with Crippen LogP contribution in [0.15, 0.2) is 71.7 Å². The van der Waals surface area contributed by atoms with Gasteiger partial charge in [-0.2, -0.15) is 0 Å². The lowest BCUT2D eigenvalue weighted by Crippen LogP contribution is -2.18. The smallest absolute Gasteiger partial charge is 0.0991 e. The topological polar surface area (TPSA) is 29.9 Å². The summed E-state index contributed by atoms with van der Waals surface area (Å²) in [4.78, 5) is 4.07. The largest absolute Gasteiger partial charge is 0.306 e. The summed E-state index contributed by atoms with van der Waals surface area (Å²) >= 11 is 3.46. The van der Waals surface area contributed by atoms with Crippen molar-refractivity contribution in [2.45, 2.75) is 19.5 Å². The van der Waals surface area contributed by atoms with Crippen LogP contribution in [-0.4, -0.2) is 9.55 Å². The second-order valence-corrected chi connectivity index (χ2v) is 6.21. The van der Waals surface area contributed by atoms with Gasteiger partial charge in [-0.25, -0.2) is 4.98 Å². The van der Waals surface area contributed by atoms with E-state index in [-0.39, 0.29) is 0 Å². The van der Waals surface area contributed by atoms with Gasteiger partial charge in [0.05, 0.1) is 6.33 Å². The zero-order valence-corrected chi connectivity index (χ0v) is 14.0. The van der Waals surface area contributed by atoms with Gasteiger partial charge in [-0.15, -0.1) is 0 Å². The molecule has 1 aromatic heterocycles. The molecule has 0 fully saturated rings. The molecular weight excluding hydrogens is 338 g/mol. The van der Waals surface area contributed by atoms with E-state index in [1.54, 1.807) is 6.20 Å². The molecule has 0 spiro atoms. The van der Waals surface area contributed by atoms with Crippen LogP contribution < -0.4 is 5.32 Å². The maximum Gasteiger partial charge on any atom is 0.0991 e. The fourth-order valence-corrected chi connectivity index (χ4v) is 2.60. The highest BCUT2D eigenvalue weighted by molar-refractivity contribution is 9.10. The zero-order valence-electron chi connectivity index (χ0n) is 12.4. The highest BCUT2D eigenvalue weighted by Crippen LogP contribution is 2.17. The monoisotopic (exact) mass is 355 g/mol. The molecule has 0 saturated heterocycles. The predicted octanol–water partition coefficient (Wildman–Crippen LogP) is 4.49. The highest BCUT2D eigenvalue weighted by atomic mass is 79.9. The van der Waals surface area contributed by atoms with Crippen molar-refractivity contribution in [3.8, 4) is 5.69 Å². The van der Waals surface area contributed by atoms with Crippen molar-refractivity contribution < 1.29 is 0 Å². The van der Waals surface area contributed by atoms with Crippen molar-refractivity contribution in [2.24, 2.45) is 0 Å². The minimum atomic E-state index is 0.306. The molecule has 1 heterocycles. The van der Waals surface area contributed by atoms with E-state index in [9.17, 15) is 0 Å². The Labute approximate surface area is 139 Å². The third-order valence-electron chi connectivity index (χ3n) is 3.72. The summed E-state index contributed by atoms with van der Waals surface area (Å²) in [6.07, 6.45) is 5.55. The molecule has 1 N–H and O–H groups in total. The first-order valence-electron chi connectivity index (χ1n) is 7.28. The van der Waals surface area contributed by atoms with Crippen LogP contribution in [0.5, 0.6) is 0 Å². The number of rotatable bonds is 5. The van der Waals surface area contributed by atoms with Crippen LogP contribution in [0.25, 0.3) is 5.69 Å². The summed E-state index contributed by atoms with van der Waals surface area (Å²) in [6.45, 7) is 3.04. The summed E-state index contributed by atoms with van der Waals surface area (Å²) in [5, 5.41) is 3.55. The molecule has 0 aliphatic carbocycles. The first kappa shape index (κ1) is 15.0. The number of hydrogen-bond acceptors (Lipinski definition) is 2. The Morgan fingerprint density at radius 3 is 2.45 bits per heavy atom. The molecule has 0 saturated carbocycles. The normalized spacial score (nSPS) is 12.3. The maximum atomic E-state index is 4.07. The number of hydrogen-bond donors (Lipinski definition) is 1.